The van der Waals surface area contributed by atoms with E-state index < -0.39 is 15.4 Å². The van der Waals surface area contributed by atoms with Gasteiger partial charge in [0.25, 0.3) is 0 Å². The van der Waals surface area contributed by atoms with E-state index in [0.29, 0.717) is 35.5 Å². The highest BCUT2D eigenvalue weighted by Gasteiger charge is 2.29. The maximum absolute atomic E-state index is 12.2. The molecule has 0 fully saturated rings. The molecule has 0 aliphatic rings. The maximum atomic E-state index is 12.2. The van der Waals surface area contributed by atoms with Crippen LogP contribution in [0.15, 0.2) is 77.8 Å². The van der Waals surface area contributed by atoms with Crippen LogP contribution in [0.5, 0.6) is 0 Å². The summed E-state index contributed by atoms with van der Waals surface area (Å²) in [6.07, 6.45) is 4.59. The van der Waals surface area contributed by atoms with Gasteiger partial charge in [-0.25, -0.2) is 13.4 Å². The van der Waals surface area contributed by atoms with E-state index in [-0.39, 0.29) is 11.5 Å². The van der Waals surface area contributed by atoms with Crippen molar-refractivity contribution in [3.63, 3.8) is 0 Å². The van der Waals surface area contributed by atoms with Crippen LogP contribution in [0.2, 0.25) is 5.02 Å². The Morgan fingerprint density at radius 2 is 1.59 bits per heavy atom. The number of hydrogen-bond acceptors (Lipinski definition) is 5. The minimum atomic E-state index is -3.49. The van der Waals surface area contributed by atoms with Gasteiger partial charge in [-0.3, -0.25) is 0 Å². The second-order valence-electron chi connectivity index (χ2n) is 9.22. The van der Waals surface area contributed by atoms with Gasteiger partial charge < -0.3 is 14.8 Å². The zero-order valence-electron chi connectivity index (χ0n) is 21.1. The van der Waals surface area contributed by atoms with Gasteiger partial charge in [-0.1, -0.05) is 67.9 Å². The van der Waals surface area contributed by atoms with Gasteiger partial charge in [0, 0.05) is 29.6 Å². The molecule has 1 heterocycles. The summed E-state index contributed by atoms with van der Waals surface area (Å²) in [6, 6.07) is 20.4. The number of halogens is 1. The zero-order valence-corrected chi connectivity index (χ0v) is 22.7. The standard InChI is InChI=1S/C29H31ClN2O4S/c1-4-29(34,5-2)27-18-32(28(31-27)17-22-8-6-7-9-25(22)30)24-14-12-20(13-15-24)21-10-11-23(19-33)26(16-21)37(3,35)36/h6-16,18,33-34H,4-5,17,19H2,1-3H3. The van der Waals surface area contributed by atoms with Gasteiger partial charge in [0.1, 0.15) is 11.4 Å². The van der Waals surface area contributed by atoms with Crippen LogP contribution in [0.1, 0.15) is 49.3 Å². The number of aromatic nitrogens is 2. The van der Waals surface area contributed by atoms with Crippen LogP contribution in [-0.4, -0.2) is 34.4 Å². The van der Waals surface area contributed by atoms with Crippen molar-refractivity contribution in [2.45, 2.75) is 50.2 Å². The molecule has 3 aromatic carbocycles. The number of aliphatic hydroxyl groups excluding tert-OH is 1. The van der Waals surface area contributed by atoms with Crippen molar-refractivity contribution in [2.24, 2.45) is 0 Å². The predicted octanol–water partition coefficient (Wildman–Crippen LogP) is 5.69. The fraction of sp³-hybridized carbons (Fsp3) is 0.276. The second kappa shape index (κ2) is 10.8. The number of imidazole rings is 1. The molecule has 0 aliphatic carbocycles. The summed E-state index contributed by atoms with van der Waals surface area (Å²) in [6.45, 7) is 3.54. The average Bonchev–Trinajstić information content (AvgIpc) is 3.33. The molecule has 2 N–H and O–H groups in total. The van der Waals surface area contributed by atoms with Crippen LogP contribution >= 0.6 is 11.6 Å². The van der Waals surface area contributed by atoms with E-state index in [2.05, 4.69) is 0 Å². The van der Waals surface area contributed by atoms with Crippen molar-refractivity contribution in [2.75, 3.05) is 6.26 Å². The topological polar surface area (TPSA) is 92.4 Å². The molecule has 8 heteroatoms. The Morgan fingerprint density at radius 1 is 0.946 bits per heavy atom. The summed E-state index contributed by atoms with van der Waals surface area (Å²) < 4.78 is 26.4. The third-order valence-electron chi connectivity index (χ3n) is 6.85. The molecule has 0 saturated carbocycles. The molecule has 194 valence electrons. The fourth-order valence-electron chi connectivity index (χ4n) is 4.44. The van der Waals surface area contributed by atoms with Crippen molar-refractivity contribution < 1.29 is 18.6 Å². The Kier molecular flexibility index (Phi) is 7.90. The monoisotopic (exact) mass is 538 g/mol. The van der Waals surface area contributed by atoms with E-state index in [0.717, 1.165) is 34.5 Å². The quantitative estimate of drug-likeness (QED) is 0.286. The molecule has 4 aromatic rings. The Bertz CT molecular complexity index is 1510. The van der Waals surface area contributed by atoms with Crippen LogP contribution in [0.4, 0.5) is 0 Å². The van der Waals surface area contributed by atoms with Gasteiger partial charge in [-0.2, -0.15) is 0 Å². The lowest BCUT2D eigenvalue weighted by molar-refractivity contribution is 0.0243. The molecule has 0 radical (unpaired) electrons. The highest BCUT2D eigenvalue weighted by atomic mass is 35.5. The molecule has 0 spiro atoms. The van der Waals surface area contributed by atoms with E-state index >= 15 is 0 Å². The first kappa shape index (κ1) is 27.1. The third-order valence-corrected chi connectivity index (χ3v) is 8.40. The number of aliphatic hydroxyl groups is 2. The summed E-state index contributed by atoms with van der Waals surface area (Å²) in [5.41, 5.74) is 3.32. The summed E-state index contributed by atoms with van der Waals surface area (Å²) >= 11 is 6.43. The van der Waals surface area contributed by atoms with Gasteiger partial charge in [0.15, 0.2) is 9.84 Å². The predicted molar refractivity (Wildman–Crippen MR) is 147 cm³/mol. The molecule has 0 saturated heterocycles. The first-order valence-corrected chi connectivity index (χ1v) is 14.5. The molecule has 0 amide bonds. The van der Waals surface area contributed by atoms with Crippen molar-refractivity contribution in [1.29, 1.82) is 0 Å². The average molecular weight is 539 g/mol. The lowest BCUT2D eigenvalue weighted by atomic mass is 9.94. The summed E-state index contributed by atoms with van der Waals surface area (Å²) in [5, 5.41) is 21.4. The summed E-state index contributed by atoms with van der Waals surface area (Å²) in [5.74, 6) is 0.753. The Morgan fingerprint density at radius 3 is 2.19 bits per heavy atom. The molecule has 6 nitrogen and oxygen atoms in total. The first-order valence-electron chi connectivity index (χ1n) is 12.2. The Hall–Kier alpha value is -2.97. The minimum Gasteiger partial charge on any atom is -0.392 e. The molecule has 0 bridgehead atoms. The normalized spacial score (nSPS) is 12.2. The Balaban J connectivity index is 1.76. The molecule has 0 atom stereocenters. The molecule has 0 unspecified atom stereocenters. The van der Waals surface area contributed by atoms with E-state index in [1.54, 1.807) is 18.2 Å². The van der Waals surface area contributed by atoms with Crippen LogP contribution < -0.4 is 0 Å². The molecule has 1 aromatic heterocycles. The number of sulfone groups is 1. The summed E-state index contributed by atoms with van der Waals surface area (Å²) in [4.78, 5) is 4.96. The smallest absolute Gasteiger partial charge is 0.175 e. The van der Waals surface area contributed by atoms with Gasteiger partial charge in [-0.15, -0.1) is 0 Å². The van der Waals surface area contributed by atoms with Gasteiger partial charge in [0.2, 0.25) is 0 Å². The Labute approximate surface area is 223 Å². The van der Waals surface area contributed by atoms with Gasteiger partial charge >= 0.3 is 0 Å². The molecule has 0 aliphatic heterocycles. The number of hydrogen-bond donors (Lipinski definition) is 2. The lowest BCUT2D eigenvalue weighted by Gasteiger charge is -2.22. The molecule has 37 heavy (non-hydrogen) atoms. The van der Waals surface area contributed by atoms with E-state index in [1.165, 1.54) is 0 Å². The van der Waals surface area contributed by atoms with Crippen LogP contribution in [0, 0.1) is 0 Å². The zero-order chi connectivity index (χ0) is 26.8. The van der Waals surface area contributed by atoms with Crippen molar-refractivity contribution in [1.82, 2.24) is 9.55 Å². The van der Waals surface area contributed by atoms with Gasteiger partial charge in [0.05, 0.1) is 17.2 Å². The number of nitrogens with zero attached hydrogens (tertiary/aromatic N) is 2. The largest absolute Gasteiger partial charge is 0.392 e. The van der Waals surface area contributed by atoms with Gasteiger partial charge in [-0.05, 0) is 59.4 Å². The highest BCUT2D eigenvalue weighted by molar-refractivity contribution is 7.90. The second-order valence-corrected chi connectivity index (χ2v) is 11.6. The number of rotatable bonds is 9. The molecular weight excluding hydrogens is 508 g/mol. The summed E-state index contributed by atoms with van der Waals surface area (Å²) in [7, 11) is -3.49. The van der Waals surface area contributed by atoms with Crippen molar-refractivity contribution in [3.05, 3.63) is 101 Å². The SMILES string of the molecule is CCC(O)(CC)c1cn(-c2ccc(-c3ccc(CO)c(S(C)(=O)=O)c3)cc2)c(Cc2ccccc2Cl)n1. The van der Waals surface area contributed by atoms with E-state index in [9.17, 15) is 18.6 Å². The highest BCUT2D eigenvalue weighted by Crippen LogP contribution is 2.31. The van der Waals surface area contributed by atoms with Crippen LogP contribution in [0.25, 0.3) is 16.8 Å². The van der Waals surface area contributed by atoms with E-state index in [4.69, 9.17) is 16.6 Å². The van der Waals surface area contributed by atoms with Crippen LogP contribution in [0.3, 0.4) is 0 Å². The van der Waals surface area contributed by atoms with E-state index in [1.807, 2.05) is 73.1 Å². The van der Waals surface area contributed by atoms with Crippen LogP contribution in [-0.2, 0) is 28.5 Å². The molecule has 4 rings (SSSR count). The lowest BCUT2D eigenvalue weighted by Crippen LogP contribution is -2.24. The van der Waals surface area contributed by atoms with Crippen molar-refractivity contribution >= 4 is 21.4 Å². The third kappa shape index (κ3) is 5.65. The van der Waals surface area contributed by atoms with Crippen molar-refractivity contribution in [3.8, 4) is 16.8 Å². The molecular formula is C29H31ClN2O4S. The number of benzene rings is 3. The fourth-order valence-corrected chi connectivity index (χ4v) is 5.59. The minimum absolute atomic E-state index is 0.122. The maximum Gasteiger partial charge on any atom is 0.175 e. The first-order chi connectivity index (χ1) is 17.6.